The van der Waals surface area contributed by atoms with Crippen LogP contribution in [-0.2, 0) is 20.6 Å². The van der Waals surface area contributed by atoms with Crippen molar-refractivity contribution < 1.29 is 17.6 Å². The van der Waals surface area contributed by atoms with Crippen LogP contribution in [0, 0.1) is 9.39 Å². The van der Waals surface area contributed by atoms with E-state index in [9.17, 15) is 17.6 Å². The van der Waals surface area contributed by atoms with Crippen molar-refractivity contribution in [3.63, 3.8) is 0 Å². The number of hydrogen-bond acceptors (Lipinski definition) is 4. The number of benzene rings is 2. The lowest BCUT2D eigenvalue weighted by Gasteiger charge is -2.22. The highest BCUT2D eigenvalue weighted by Gasteiger charge is 2.20. The Morgan fingerprint density at radius 3 is 2.50 bits per heavy atom. The molecule has 0 saturated carbocycles. The number of halogens is 2. The van der Waals surface area contributed by atoms with E-state index in [0.717, 1.165) is 19.9 Å². The Kier molecular flexibility index (Phi) is 9.03. The van der Waals surface area contributed by atoms with Gasteiger partial charge in [-0.3, -0.25) is 9.10 Å². The Morgan fingerprint density at radius 2 is 1.86 bits per heavy atom. The highest BCUT2D eigenvalue weighted by molar-refractivity contribution is 14.1. The number of hydrogen-bond donors (Lipinski definition) is 1. The number of amides is 1. The molecule has 0 radical (unpaired) electrons. The van der Waals surface area contributed by atoms with E-state index < -0.39 is 10.0 Å². The zero-order chi connectivity index (χ0) is 20.6. The molecular weight excluding hydrogens is 514 g/mol. The van der Waals surface area contributed by atoms with E-state index >= 15 is 0 Å². The summed E-state index contributed by atoms with van der Waals surface area (Å²) in [7, 11) is -3.57. The SMILES string of the molecule is CS(=O)(=O)N(CC(=O)NCCCSCc1ccccc1F)c1ccc(I)cc1. The summed E-state index contributed by atoms with van der Waals surface area (Å²) in [5.74, 6) is 0.777. The molecule has 28 heavy (non-hydrogen) atoms. The Bertz CT molecular complexity index is 892. The van der Waals surface area contributed by atoms with Crippen LogP contribution in [-0.4, -0.2) is 39.4 Å². The van der Waals surface area contributed by atoms with Gasteiger partial charge in [0.05, 0.1) is 11.9 Å². The average molecular weight is 536 g/mol. The number of nitrogens with zero attached hydrogens (tertiary/aromatic N) is 1. The lowest BCUT2D eigenvalue weighted by molar-refractivity contribution is -0.119. The standard InChI is InChI=1S/C19H22FIN2O3S2/c1-28(25,26)23(17-9-7-16(21)8-10-17)13-19(24)22-11-4-12-27-14-15-5-2-3-6-18(15)20/h2-3,5-10H,4,11-14H2,1H3,(H,22,24). The van der Waals surface area contributed by atoms with Crippen LogP contribution in [0.2, 0.25) is 0 Å². The maximum Gasteiger partial charge on any atom is 0.240 e. The Hall–Kier alpha value is -1.33. The zero-order valence-corrected chi connectivity index (χ0v) is 19.2. The molecule has 2 rings (SSSR count). The first-order chi connectivity index (χ1) is 13.3. The van der Waals surface area contributed by atoms with Crippen LogP contribution in [0.1, 0.15) is 12.0 Å². The molecule has 2 aromatic rings. The maximum atomic E-state index is 13.5. The van der Waals surface area contributed by atoms with Crippen molar-refractivity contribution >= 4 is 56.0 Å². The summed E-state index contributed by atoms with van der Waals surface area (Å²) in [5.41, 5.74) is 1.12. The molecule has 0 aliphatic heterocycles. The first-order valence-electron chi connectivity index (χ1n) is 8.58. The molecule has 0 fully saturated rings. The second-order valence-corrected chi connectivity index (χ2v) is 10.4. The van der Waals surface area contributed by atoms with Crippen molar-refractivity contribution in [3.8, 4) is 0 Å². The van der Waals surface area contributed by atoms with E-state index in [1.54, 1.807) is 54.2 Å². The van der Waals surface area contributed by atoms with Gasteiger partial charge in [-0.15, -0.1) is 0 Å². The number of carbonyl (C=O) groups is 1. The maximum absolute atomic E-state index is 13.5. The second kappa shape index (κ2) is 11.0. The highest BCUT2D eigenvalue weighted by Crippen LogP contribution is 2.19. The smallest absolute Gasteiger partial charge is 0.240 e. The van der Waals surface area contributed by atoms with Gasteiger partial charge in [-0.1, -0.05) is 18.2 Å². The average Bonchev–Trinajstić information content (AvgIpc) is 2.64. The molecule has 5 nitrogen and oxygen atoms in total. The van der Waals surface area contributed by atoms with E-state index in [1.165, 1.54) is 6.07 Å². The molecule has 0 saturated heterocycles. The molecule has 9 heteroatoms. The predicted octanol–water partition coefficient (Wildman–Crippen LogP) is 3.64. The molecule has 0 bridgehead atoms. The van der Waals surface area contributed by atoms with E-state index in [4.69, 9.17) is 0 Å². The predicted molar refractivity (Wildman–Crippen MR) is 122 cm³/mol. The van der Waals surface area contributed by atoms with Gasteiger partial charge in [0.2, 0.25) is 15.9 Å². The Balaban J connectivity index is 1.75. The van der Waals surface area contributed by atoms with Crippen LogP contribution in [0.15, 0.2) is 48.5 Å². The fourth-order valence-electron chi connectivity index (χ4n) is 2.39. The molecule has 0 aliphatic carbocycles. The van der Waals surface area contributed by atoms with Gasteiger partial charge >= 0.3 is 0 Å². The molecule has 2 aromatic carbocycles. The highest BCUT2D eigenvalue weighted by atomic mass is 127. The number of sulfonamides is 1. The molecule has 0 heterocycles. The minimum Gasteiger partial charge on any atom is -0.354 e. The van der Waals surface area contributed by atoms with Crippen LogP contribution in [0.3, 0.4) is 0 Å². The third kappa shape index (κ3) is 7.59. The van der Waals surface area contributed by atoms with Crippen molar-refractivity contribution in [2.75, 3.05) is 29.4 Å². The molecule has 0 atom stereocenters. The minimum atomic E-state index is -3.57. The summed E-state index contributed by atoms with van der Waals surface area (Å²) in [4.78, 5) is 12.2. The van der Waals surface area contributed by atoms with Gasteiger partial charge in [0, 0.05) is 15.9 Å². The third-order valence-corrected chi connectivity index (χ3v) is 6.76. The van der Waals surface area contributed by atoms with Crippen molar-refractivity contribution in [1.29, 1.82) is 0 Å². The van der Waals surface area contributed by atoms with E-state index in [2.05, 4.69) is 27.9 Å². The quantitative estimate of drug-likeness (QED) is 0.372. The van der Waals surface area contributed by atoms with Gasteiger partial charge in [0.15, 0.2) is 0 Å². The van der Waals surface area contributed by atoms with Crippen LogP contribution < -0.4 is 9.62 Å². The van der Waals surface area contributed by atoms with Gasteiger partial charge in [0.1, 0.15) is 12.4 Å². The summed E-state index contributed by atoms with van der Waals surface area (Å²) < 4.78 is 39.7. The molecule has 0 aliphatic rings. The first-order valence-corrected chi connectivity index (χ1v) is 12.7. The van der Waals surface area contributed by atoms with Crippen LogP contribution >= 0.6 is 34.4 Å². The van der Waals surface area contributed by atoms with Crippen molar-refractivity contribution in [2.45, 2.75) is 12.2 Å². The largest absolute Gasteiger partial charge is 0.354 e. The zero-order valence-electron chi connectivity index (χ0n) is 15.4. The molecule has 1 amide bonds. The lowest BCUT2D eigenvalue weighted by Crippen LogP contribution is -2.40. The summed E-state index contributed by atoms with van der Waals surface area (Å²) >= 11 is 3.72. The number of carbonyl (C=O) groups excluding carboxylic acids is 1. The van der Waals surface area contributed by atoms with Crippen molar-refractivity contribution in [3.05, 3.63) is 63.5 Å². The normalized spacial score (nSPS) is 11.2. The van der Waals surface area contributed by atoms with Gasteiger partial charge in [0.25, 0.3) is 0 Å². The van der Waals surface area contributed by atoms with Gasteiger partial charge < -0.3 is 5.32 Å². The summed E-state index contributed by atoms with van der Waals surface area (Å²) in [6.45, 7) is 0.176. The fraction of sp³-hybridized carbons (Fsp3) is 0.316. The molecular formula is C19H22FIN2O3S2. The third-order valence-electron chi connectivity index (χ3n) is 3.81. The second-order valence-electron chi connectivity index (χ2n) is 6.09. The van der Waals surface area contributed by atoms with Crippen LogP contribution in [0.4, 0.5) is 10.1 Å². The summed E-state index contributed by atoms with van der Waals surface area (Å²) in [6, 6.07) is 13.6. The topological polar surface area (TPSA) is 66.5 Å². The number of rotatable bonds is 10. The number of anilines is 1. The summed E-state index contributed by atoms with van der Waals surface area (Å²) in [5, 5.41) is 2.74. The minimum absolute atomic E-state index is 0.209. The molecule has 1 N–H and O–H groups in total. The number of nitrogens with one attached hydrogen (secondary N) is 1. The fourth-order valence-corrected chi connectivity index (χ4v) is 4.56. The van der Waals surface area contributed by atoms with Gasteiger partial charge in [-0.25, -0.2) is 12.8 Å². The van der Waals surface area contributed by atoms with Gasteiger partial charge in [-0.05, 0) is 70.7 Å². The molecule has 0 aromatic heterocycles. The molecule has 0 spiro atoms. The lowest BCUT2D eigenvalue weighted by atomic mass is 10.2. The van der Waals surface area contributed by atoms with Crippen molar-refractivity contribution in [2.24, 2.45) is 0 Å². The van der Waals surface area contributed by atoms with Gasteiger partial charge in [-0.2, -0.15) is 11.8 Å². The van der Waals surface area contributed by atoms with E-state index in [1.807, 2.05) is 0 Å². The first kappa shape index (κ1) is 23.0. The molecule has 152 valence electrons. The Morgan fingerprint density at radius 1 is 1.18 bits per heavy atom. The Labute approximate surface area is 183 Å². The van der Waals surface area contributed by atoms with Crippen molar-refractivity contribution in [1.82, 2.24) is 5.32 Å². The van der Waals surface area contributed by atoms with E-state index in [-0.39, 0.29) is 18.3 Å². The summed E-state index contributed by atoms with van der Waals surface area (Å²) in [6.07, 6.45) is 1.80. The number of thioether (sulfide) groups is 1. The van der Waals surface area contributed by atoms with Crippen LogP contribution in [0.5, 0.6) is 0 Å². The molecule has 0 unspecified atom stereocenters. The monoisotopic (exact) mass is 536 g/mol. The van der Waals surface area contributed by atoms with Crippen LogP contribution in [0.25, 0.3) is 0 Å². The van der Waals surface area contributed by atoms with E-state index in [0.29, 0.717) is 30.0 Å².